The zero-order valence-corrected chi connectivity index (χ0v) is 9.53. The average molecular weight is 205 g/mol. The highest BCUT2D eigenvalue weighted by Gasteiger charge is 2.18. The van der Waals surface area contributed by atoms with Gasteiger partial charge in [-0.3, -0.25) is 4.98 Å². The van der Waals surface area contributed by atoms with Gasteiger partial charge < -0.3 is 10.2 Å². The van der Waals surface area contributed by atoms with Crippen molar-refractivity contribution in [2.75, 3.05) is 20.1 Å². The SMILES string of the molecule is Cc1cncc(CNC2CCN(C)C2)c1. The number of likely N-dealkylation sites (tertiary alicyclic amines) is 1. The van der Waals surface area contributed by atoms with E-state index in [-0.39, 0.29) is 0 Å². The van der Waals surface area contributed by atoms with E-state index in [4.69, 9.17) is 0 Å². The molecule has 0 radical (unpaired) electrons. The Labute approximate surface area is 91.5 Å². The number of likely N-dealkylation sites (N-methyl/N-ethyl adjacent to an activating group) is 1. The van der Waals surface area contributed by atoms with Gasteiger partial charge in [-0.05, 0) is 38.1 Å². The third kappa shape index (κ3) is 3.01. The summed E-state index contributed by atoms with van der Waals surface area (Å²) in [5.74, 6) is 0. The van der Waals surface area contributed by atoms with E-state index in [9.17, 15) is 0 Å². The van der Waals surface area contributed by atoms with Gasteiger partial charge in [0.15, 0.2) is 0 Å². The highest BCUT2D eigenvalue weighted by Crippen LogP contribution is 2.07. The molecule has 0 spiro atoms. The van der Waals surface area contributed by atoms with Gasteiger partial charge in [-0.25, -0.2) is 0 Å². The summed E-state index contributed by atoms with van der Waals surface area (Å²) in [7, 11) is 2.18. The fourth-order valence-corrected chi connectivity index (χ4v) is 2.08. The van der Waals surface area contributed by atoms with Crippen LogP contribution in [-0.2, 0) is 6.54 Å². The summed E-state index contributed by atoms with van der Waals surface area (Å²) in [6.45, 7) is 5.40. The van der Waals surface area contributed by atoms with Crippen LogP contribution in [0.2, 0.25) is 0 Å². The summed E-state index contributed by atoms with van der Waals surface area (Å²) in [6, 6.07) is 2.84. The maximum Gasteiger partial charge on any atom is 0.0313 e. The fraction of sp³-hybridized carbons (Fsp3) is 0.583. The van der Waals surface area contributed by atoms with Crippen molar-refractivity contribution in [1.82, 2.24) is 15.2 Å². The van der Waals surface area contributed by atoms with Crippen molar-refractivity contribution in [3.8, 4) is 0 Å². The normalized spacial score (nSPS) is 22.1. The zero-order chi connectivity index (χ0) is 10.7. The number of aryl methyl sites for hydroxylation is 1. The minimum Gasteiger partial charge on any atom is -0.309 e. The summed E-state index contributed by atoms with van der Waals surface area (Å²) in [4.78, 5) is 6.56. The molecular weight excluding hydrogens is 186 g/mol. The second-order valence-corrected chi connectivity index (χ2v) is 4.50. The van der Waals surface area contributed by atoms with Crippen molar-refractivity contribution in [2.24, 2.45) is 0 Å². The largest absolute Gasteiger partial charge is 0.309 e. The average Bonchev–Trinajstić information content (AvgIpc) is 2.62. The minimum atomic E-state index is 0.649. The standard InChI is InChI=1S/C12H19N3/c1-10-5-11(7-13-6-10)8-14-12-3-4-15(2)9-12/h5-7,12,14H,3-4,8-9H2,1-2H3. The zero-order valence-electron chi connectivity index (χ0n) is 9.53. The molecule has 0 aromatic carbocycles. The van der Waals surface area contributed by atoms with Crippen molar-refractivity contribution in [1.29, 1.82) is 0 Å². The van der Waals surface area contributed by atoms with Crippen LogP contribution >= 0.6 is 0 Å². The second-order valence-electron chi connectivity index (χ2n) is 4.50. The maximum atomic E-state index is 4.19. The Balaban J connectivity index is 1.83. The summed E-state index contributed by atoms with van der Waals surface area (Å²) in [5, 5.41) is 3.57. The van der Waals surface area contributed by atoms with Crippen LogP contribution in [0.4, 0.5) is 0 Å². The van der Waals surface area contributed by atoms with E-state index < -0.39 is 0 Å². The van der Waals surface area contributed by atoms with Crippen LogP contribution in [0.5, 0.6) is 0 Å². The summed E-state index contributed by atoms with van der Waals surface area (Å²) in [5.41, 5.74) is 2.52. The molecule has 1 N–H and O–H groups in total. The number of hydrogen-bond donors (Lipinski definition) is 1. The highest BCUT2D eigenvalue weighted by molar-refractivity contribution is 5.16. The Morgan fingerprint density at radius 2 is 2.40 bits per heavy atom. The molecule has 1 aromatic rings. The molecule has 2 rings (SSSR count). The third-order valence-electron chi connectivity index (χ3n) is 2.92. The molecule has 0 saturated carbocycles. The smallest absolute Gasteiger partial charge is 0.0313 e. The van der Waals surface area contributed by atoms with Gasteiger partial charge in [0.25, 0.3) is 0 Å². The summed E-state index contributed by atoms with van der Waals surface area (Å²) < 4.78 is 0. The number of rotatable bonds is 3. The Hall–Kier alpha value is -0.930. The molecule has 82 valence electrons. The number of nitrogens with one attached hydrogen (secondary N) is 1. The number of hydrogen-bond acceptors (Lipinski definition) is 3. The molecule has 1 fully saturated rings. The minimum absolute atomic E-state index is 0.649. The first kappa shape index (κ1) is 10.6. The van der Waals surface area contributed by atoms with E-state index in [1.54, 1.807) is 0 Å². The molecule has 0 bridgehead atoms. The first-order valence-electron chi connectivity index (χ1n) is 5.56. The van der Waals surface area contributed by atoms with Gasteiger partial charge in [-0.2, -0.15) is 0 Å². The summed E-state index contributed by atoms with van der Waals surface area (Å²) in [6.07, 6.45) is 5.10. The Morgan fingerprint density at radius 3 is 3.07 bits per heavy atom. The molecule has 1 aliphatic rings. The Morgan fingerprint density at radius 1 is 1.53 bits per heavy atom. The van der Waals surface area contributed by atoms with Gasteiger partial charge in [-0.1, -0.05) is 6.07 Å². The highest BCUT2D eigenvalue weighted by atomic mass is 15.2. The van der Waals surface area contributed by atoms with Gasteiger partial charge in [-0.15, -0.1) is 0 Å². The van der Waals surface area contributed by atoms with Gasteiger partial charge in [0.2, 0.25) is 0 Å². The lowest BCUT2D eigenvalue weighted by Gasteiger charge is -2.12. The molecule has 2 heterocycles. The molecule has 1 atom stereocenters. The molecule has 0 amide bonds. The van der Waals surface area contributed by atoms with Gasteiger partial charge >= 0.3 is 0 Å². The van der Waals surface area contributed by atoms with Crippen LogP contribution < -0.4 is 5.32 Å². The number of nitrogens with zero attached hydrogens (tertiary/aromatic N) is 2. The van der Waals surface area contributed by atoms with E-state index in [0.717, 1.165) is 6.54 Å². The first-order chi connectivity index (χ1) is 7.24. The van der Waals surface area contributed by atoms with Crippen molar-refractivity contribution in [3.63, 3.8) is 0 Å². The molecule has 0 aliphatic carbocycles. The molecule has 1 unspecified atom stereocenters. The van der Waals surface area contributed by atoms with Crippen molar-refractivity contribution >= 4 is 0 Å². The summed E-state index contributed by atoms with van der Waals surface area (Å²) >= 11 is 0. The molecule has 1 saturated heterocycles. The van der Waals surface area contributed by atoms with Crippen molar-refractivity contribution < 1.29 is 0 Å². The van der Waals surface area contributed by atoms with Gasteiger partial charge in [0, 0.05) is 31.5 Å². The molecule has 1 aliphatic heterocycles. The predicted molar refractivity (Wildman–Crippen MR) is 61.7 cm³/mol. The number of aromatic nitrogens is 1. The van der Waals surface area contributed by atoms with E-state index in [2.05, 4.69) is 35.2 Å². The van der Waals surface area contributed by atoms with Gasteiger partial charge in [0.1, 0.15) is 0 Å². The lowest BCUT2D eigenvalue weighted by Crippen LogP contribution is -2.30. The van der Waals surface area contributed by atoms with Crippen LogP contribution in [0.3, 0.4) is 0 Å². The van der Waals surface area contributed by atoms with Crippen LogP contribution in [0.15, 0.2) is 18.5 Å². The van der Waals surface area contributed by atoms with E-state index in [1.807, 2.05) is 12.4 Å². The quantitative estimate of drug-likeness (QED) is 0.803. The van der Waals surface area contributed by atoms with Crippen molar-refractivity contribution in [3.05, 3.63) is 29.6 Å². The lowest BCUT2D eigenvalue weighted by molar-refractivity contribution is 0.397. The first-order valence-corrected chi connectivity index (χ1v) is 5.56. The Kier molecular flexibility index (Phi) is 3.34. The van der Waals surface area contributed by atoms with E-state index >= 15 is 0 Å². The van der Waals surface area contributed by atoms with Crippen LogP contribution in [-0.4, -0.2) is 36.1 Å². The second kappa shape index (κ2) is 4.73. The van der Waals surface area contributed by atoms with E-state index in [1.165, 1.54) is 30.6 Å². The van der Waals surface area contributed by atoms with E-state index in [0.29, 0.717) is 6.04 Å². The molecule has 3 nitrogen and oxygen atoms in total. The number of pyridine rings is 1. The lowest BCUT2D eigenvalue weighted by atomic mass is 10.2. The monoisotopic (exact) mass is 205 g/mol. The molecule has 15 heavy (non-hydrogen) atoms. The van der Waals surface area contributed by atoms with Crippen LogP contribution in [0, 0.1) is 6.92 Å². The van der Waals surface area contributed by atoms with Crippen molar-refractivity contribution in [2.45, 2.75) is 25.9 Å². The fourth-order valence-electron chi connectivity index (χ4n) is 2.08. The van der Waals surface area contributed by atoms with Crippen LogP contribution in [0.1, 0.15) is 17.5 Å². The maximum absolute atomic E-state index is 4.19. The van der Waals surface area contributed by atoms with Crippen LogP contribution in [0.25, 0.3) is 0 Å². The molecule has 3 heteroatoms. The van der Waals surface area contributed by atoms with Gasteiger partial charge in [0.05, 0.1) is 0 Å². The molecular formula is C12H19N3. The molecule has 1 aromatic heterocycles. The predicted octanol–water partition coefficient (Wildman–Crippen LogP) is 1.18. The topological polar surface area (TPSA) is 28.2 Å². The Bertz CT molecular complexity index is 324. The third-order valence-corrected chi connectivity index (χ3v) is 2.92.